The first kappa shape index (κ1) is 13.8. The third-order valence-electron chi connectivity index (χ3n) is 4.05. The van der Waals surface area contributed by atoms with Gasteiger partial charge in [0.1, 0.15) is 0 Å². The first-order valence-corrected chi connectivity index (χ1v) is 6.66. The maximum atomic E-state index is 6.01. The van der Waals surface area contributed by atoms with E-state index < -0.39 is 0 Å². The smallest absolute Gasteiger partial charge is 0.0607 e. The van der Waals surface area contributed by atoms with Crippen LogP contribution in [0.2, 0.25) is 5.02 Å². The van der Waals surface area contributed by atoms with Gasteiger partial charge in [0, 0.05) is 30.8 Å². The molecule has 100 valence electrons. The lowest BCUT2D eigenvalue weighted by Gasteiger charge is -2.52. The van der Waals surface area contributed by atoms with Gasteiger partial charge in [-0.3, -0.25) is 4.90 Å². The summed E-state index contributed by atoms with van der Waals surface area (Å²) in [5.74, 6) is 0. The number of hydrogen-bond acceptors (Lipinski definition) is 3. The van der Waals surface area contributed by atoms with Crippen LogP contribution in [-0.2, 0) is 11.3 Å². The van der Waals surface area contributed by atoms with Crippen LogP contribution < -0.4 is 5.73 Å². The summed E-state index contributed by atoms with van der Waals surface area (Å²) in [7, 11) is 3.89. The Morgan fingerprint density at radius 2 is 2.22 bits per heavy atom. The minimum absolute atomic E-state index is 0.0863. The van der Waals surface area contributed by atoms with Crippen molar-refractivity contribution in [3.63, 3.8) is 0 Å². The van der Waals surface area contributed by atoms with Gasteiger partial charge in [-0.05, 0) is 37.6 Å². The summed E-state index contributed by atoms with van der Waals surface area (Å²) >= 11 is 6.01. The van der Waals surface area contributed by atoms with Gasteiger partial charge in [-0.1, -0.05) is 23.7 Å². The zero-order valence-corrected chi connectivity index (χ0v) is 11.8. The van der Waals surface area contributed by atoms with E-state index in [-0.39, 0.29) is 5.54 Å². The van der Waals surface area contributed by atoms with E-state index in [2.05, 4.69) is 18.0 Å². The molecule has 0 heterocycles. The van der Waals surface area contributed by atoms with E-state index in [0.717, 1.165) is 24.4 Å². The van der Waals surface area contributed by atoms with Gasteiger partial charge in [0.05, 0.1) is 6.10 Å². The second-order valence-corrected chi connectivity index (χ2v) is 5.62. The molecule has 18 heavy (non-hydrogen) atoms. The van der Waals surface area contributed by atoms with Crippen LogP contribution in [0.25, 0.3) is 0 Å². The molecule has 1 fully saturated rings. The van der Waals surface area contributed by atoms with Gasteiger partial charge >= 0.3 is 0 Å². The summed E-state index contributed by atoms with van der Waals surface area (Å²) < 4.78 is 5.36. The number of nitrogens with zero attached hydrogens (tertiary/aromatic N) is 1. The minimum atomic E-state index is 0.0863. The monoisotopic (exact) mass is 268 g/mol. The van der Waals surface area contributed by atoms with E-state index in [4.69, 9.17) is 22.1 Å². The van der Waals surface area contributed by atoms with Crippen LogP contribution in [-0.4, -0.2) is 37.2 Å². The molecule has 1 aliphatic rings. The standard InChI is InChI=1S/C14H21ClN2O/c1-17(9-11-4-3-5-12(15)6-11)14(10-16)7-13(8-14)18-2/h3-6,13H,7-10,16H2,1-2H3. The van der Waals surface area contributed by atoms with E-state index in [1.807, 2.05) is 18.2 Å². The number of rotatable bonds is 5. The normalized spacial score (nSPS) is 27.3. The molecule has 1 aliphatic carbocycles. The molecule has 3 nitrogen and oxygen atoms in total. The second kappa shape index (κ2) is 5.57. The number of methoxy groups -OCH3 is 1. The fourth-order valence-corrected chi connectivity index (χ4v) is 2.88. The number of ether oxygens (including phenoxy) is 1. The Labute approximate surface area is 114 Å². The van der Waals surface area contributed by atoms with Gasteiger partial charge < -0.3 is 10.5 Å². The highest BCUT2D eigenvalue weighted by Crippen LogP contribution is 2.38. The summed E-state index contributed by atoms with van der Waals surface area (Å²) in [4.78, 5) is 2.33. The van der Waals surface area contributed by atoms with Crippen molar-refractivity contribution in [3.05, 3.63) is 34.9 Å². The zero-order chi connectivity index (χ0) is 13.2. The largest absolute Gasteiger partial charge is 0.381 e. The molecule has 0 saturated heterocycles. The van der Waals surface area contributed by atoms with Crippen molar-refractivity contribution in [2.24, 2.45) is 5.73 Å². The Balaban J connectivity index is 2.01. The van der Waals surface area contributed by atoms with Crippen molar-refractivity contribution in [1.29, 1.82) is 0 Å². The van der Waals surface area contributed by atoms with Gasteiger partial charge in [-0.2, -0.15) is 0 Å². The van der Waals surface area contributed by atoms with Crippen LogP contribution in [0.1, 0.15) is 18.4 Å². The lowest BCUT2D eigenvalue weighted by atomic mass is 9.73. The number of likely N-dealkylation sites (N-methyl/N-ethyl adjacent to an activating group) is 1. The maximum absolute atomic E-state index is 6.01. The molecule has 0 radical (unpaired) electrons. The highest BCUT2D eigenvalue weighted by Gasteiger charge is 2.46. The van der Waals surface area contributed by atoms with Gasteiger partial charge in [0.25, 0.3) is 0 Å². The minimum Gasteiger partial charge on any atom is -0.381 e. The predicted octanol–water partition coefficient (Wildman–Crippen LogP) is 2.28. The van der Waals surface area contributed by atoms with Crippen LogP contribution in [0.5, 0.6) is 0 Å². The summed E-state index contributed by atoms with van der Waals surface area (Å²) in [5, 5.41) is 0.783. The van der Waals surface area contributed by atoms with Crippen LogP contribution in [0, 0.1) is 0 Å². The van der Waals surface area contributed by atoms with Gasteiger partial charge in [-0.25, -0.2) is 0 Å². The van der Waals surface area contributed by atoms with Crippen LogP contribution in [0.4, 0.5) is 0 Å². The fraction of sp³-hybridized carbons (Fsp3) is 0.571. The average Bonchev–Trinajstić information content (AvgIpc) is 2.28. The third kappa shape index (κ3) is 2.69. The molecule has 1 saturated carbocycles. The summed E-state index contributed by atoms with van der Waals surface area (Å²) in [6, 6.07) is 7.99. The maximum Gasteiger partial charge on any atom is 0.0607 e. The van der Waals surface area contributed by atoms with Crippen molar-refractivity contribution in [2.75, 3.05) is 20.7 Å². The van der Waals surface area contributed by atoms with Gasteiger partial charge in [0.2, 0.25) is 0 Å². The van der Waals surface area contributed by atoms with E-state index in [0.29, 0.717) is 12.6 Å². The second-order valence-electron chi connectivity index (χ2n) is 5.18. The van der Waals surface area contributed by atoms with Crippen molar-refractivity contribution in [1.82, 2.24) is 4.90 Å². The van der Waals surface area contributed by atoms with E-state index in [1.54, 1.807) is 7.11 Å². The molecule has 0 unspecified atom stereocenters. The number of benzene rings is 1. The topological polar surface area (TPSA) is 38.5 Å². The Kier molecular flexibility index (Phi) is 4.28. The molecular formula is C14H21ClN2O. The molecule has 0 aromatic heterocycles. The molecule has 1 aromatic carbocycles. The van der Waals surface area contributed by atoms with E-state index >= 15 is 0 Å². The third-order valence-corrected chi connectivity index (χ3v) is 4.28. The van der Waals surface area contributed by atoms with E-state index in [1.165, 1.54) is 5.56 Å². The molecule has 1 aromatic rings. The quantitative estimate of drug-likeness (QED) is 0.890. The SMILES string of the molecule is COC1CC(CN)(N(C)Cc2cccc(Cl)c2)C1. The van der Waals surface area contributed by atoms with Crippen LogP contribution >= 0.6 is 11.6 Å². The van der Waals surface area contributed by atoms with E-state index in [9.17, 15) is 0 Å². The van der Waals surface area contributed by atoms with Gasteiger partial charge in [0.15, 0.2) is 0 Å². The van der Waals surface area contributed by atoms with Crippen molar-refractivity contribution < 1.29 is 4.74 Å². The lowest BCUT2D eigenvalue weighted by Crippen LogP contribution is -2.62. The number of hydrogen-bond donors (Lipinski definition) is 1. The molecule has 2 rings (SSSR count). The Bertz CT molecular complexity index is 405. The number of nitrogens with two attached hydrogens (primary N) is 1. The van der Waals surface area contributed by atoms with Crippen molar-refractivity contribution in [2.45, 2.75) is 31.0 Å². The van der Waals surface area contributed by atoms with Crippen molar-refractivity contribution >= 4 is 11.6 Å². The lowest BCUT2D eigenvalue weighted by molar-refractivity contribution is -0.0811. The van der Waals surface area contributed by atoms with Crippen LogP contribution in [0.15, 0.2) is 24.3 Å². The molecule has 0 spiro atoms. The molecule has 0 bridgehead atoms. The molecule has 0 aliphatic heterocycles. The highest BCUT2D eigenvalue weighted by atomic mass is 35.5. The summed E-state index contributed by atoms with van der Waals surface area (Å²) in [5.41, 5.74) is 7.25. The summed E-state index contributed by atoms with van der Waals surface area (Å²) in [6.45, 7) is 1.54. The molecule has 2 N–H and O–H groups in total. The molecular weight excluding hydrogens is 248 g/mol. The van der Waals surface area contributed by atoms with Crippen molar-refractivity contribution in [3.8, 4) is 0 Å². The zero-order valence-electron chi connectivity index (χ0n) is 11.0. The Hall–Kier alpha value is -0.610. The predicted molar refractivity (Wildman–Crippen MR) is 74.7 cm³/mol. The Morgan fingerprint density at radius 3 is 2.78 bits per heavy atom. The molecule has 0 atom stereocenters. The molecule has 0 amide bonds. The first-order valence-electron chi connectivity index (χ1n) is 6.28. The summed E-state index contributed by atoms with van der Waals surface area (Å²) in [6.07, 6.45) is 2.38. The highest BCUT2D eigenvalue weighted by molar-refractivity contribution is 6.30. The first-order chi connectivity index (χ1) is 8.59. The van der Waals surface area contributed by atoms with Crippen LogP contribution in [0.3, 0.4) is 0 Å². The van der Waals surface area contributed by atoms with Gasteiger partial charge in [-0.15, -0.1) is 0 Å². The fourth-order valence-electron chi connectivity index (χ4n) is 2.67. The molecule has 4 heteroatoms. The average molecular weight is 269 g/mol. The Morgan fingerprint density at radius 1 is 1.50 bits per heavy atom. The number of halogens is 1.